The van der Waals surface area contributed by atoms with Crippen molar-refractivity contribution in [2.75, 3.05) is 44.5 Å². The average molecular weight is 308 g/mol. The molecule has 0 bridgehead atoms. The van der Waals surface area contributed by atoms with Crippen molar-refractivity contribution in [3.8, 4) is 11.1 Å². The SMILES string of the molecule is COCCOCCCNc1snc(N)c1-c1ccncc1. The van der Waals surface area contributed by atoms with Crippen LogP contribution in [0.25, 0.3) is 11.1 Å². The molecule has 0 aliphatic rings. The summed E-state index contributed by atoms with van der Waals surface area (Å²) in [4.78, 5) is 4.02. The molecule has 0 aliphatic heterocycles. The van der Waals surface area contributed by atoms with E-state index in [-0.39, 0.29) is 0 Å². The van der Waals surface area contributed by atoms with Gasteiger partial charge in [0.15, 0.2) is 0 Å². The molecule has 114 valence electrons. The van der Waals surface area contributed by atoms with Gasteiger partial charge in [-0.15, -0.1) is 0 Å². The van der Waals surface area contributed by atoms with E-state index >= 15 is 0 Å². The van der Waals surface area contributed by atoms with Crippen molar-refractivity contribution in [3.05, 3.63) is 24.5 Å². The molecule has 2 aromatic rings. The molecule has 0 atom stereocenters. The van der Waals surface area contributed by atoms with Gasteiger partial charge in [0.1, 0.15) is 10.8 Å². The van der Waals surface area contributed by atoms with Crippen LogP contribution < -0.4 is 11.1 Å². The zero-order chi connectivity index (χ0) is 14.9. The third-order valence-corrected chi connectivity index (χ3v) is 3.69. The number of pyridine rings is 1. The smallest absolute Gasteiger partial charge is 0.147 e. The van der Waals surface area contributed by atoms with E-state index in [1.54, 1.807) is 19.5 Å². The Morgan fingerprint density at radius 3 is 2.81 bits per heavy atom. The Morgan fingerprint density at radius 2 is 2.05 bits per heavy atom. The lowest BCUT2D eigenvalue weighted by molar-refractivity contribution is 0.0705. The Hall–Kier alpha value is -1.70. The summed E-state index contributed by atoms with van der Waals surface area (Å²) in [5.74, 6) is 0.546. The van der Waals surface area contributed by atoms with E-state index in [0.717, 1.165) is 29.1 Å². The van der Waals surface area contributed by atoms with Gasteiger partial charge in [-0.1, -0.05) is 0 Å². The minimum atomic E-state index is 0.546. The van der Waals surface area contributed by atoms with Gasteiger partial charge >= 0.3 is 0 Å². The van der Waals surface area contributed by atoms with Gasteiger partial charge in [0.25, 0.3) is 0 Å². The lowest BCUT2D eigenvalue weighted by atomic mass is 10.1. The molecule has 0 amide bonds. The van der Waals surface area contributed by atoms with E-state index in [9.17, 15) is 0 Å². The molecule has 0 aromatic carbocycles. The van der Waals surface area contributed by atoms with E-state index in [1.807, 2.05) is 12.1 Å². The Kier molecular flexibility index (Phi) is 6.39. The fourth-order valence-corrected chi connectivity index (χ4v) is 2.60. The van der Waals surface area contributed by atoms with Gasteiger partial charge in [0, 0.05) is 32.7 Å². The van der Waals surface area contributed by atoms with Gasteiger partial charge in [-0.2, -0.15) is 4.37 Å². The summed E-state index contributed by atoms with van der Waals surface area (Å²) in [6, 6.07) is 3.86. The number of nitrogens with two attached hydrogens (primary N) is 1. The van der Waals surface area contributed by atoms with Crippen LogP contribution in [0.1, 0.15) is 6.42 Å². The molecule has 2 rings (SSSR count). The number of ether oxygens (including phenoxy) is 2. The number of rotatable bonds is 9. The first kappa shape index (κ1) is 15.7. The van der Waals surface area contributed by atoms with Gasteiger partial charge in [-0.05, 0) is 35.6 Å². The lowest BCUT2D eigenvalue weighted by Crippen LogP contribution is -2.08. The predicted molar refractivity (Wildman–Crippen MR) is 85.6 cm³/mol. The number of hydrogen-bond acceptors (Lipinski definition) is 7. The molecule has 0 saturated carbocycles. The van der Waals surface area contributed by atoms with Gasteiger partial charge in [-0.3, -0.25) is 4.98 Å². The third-order valence-electron chi connectivity index (χ3n) is 2.87. The van der Waals surface area contributed by atoms with Crippen LogP contribution in [0.5, 0.6) is 0 Å². The molecule has 0 spiro atoms. The second-order valence-corrected chi connectivity index (χ2v) is 5.17. The third kappa shape index (κ3) is 4.66. The van der Waals surface area contributed by atoms with Gasteiger partial charge < -0.3 is 20.5 Å². The van der Waals surface area contributed by atoms with Crippen molar-refractivity contribution in [3.63, 3.8) is 0 Å². The van der Waals surface area contributed by atoms with Crippen molar-refractivity contribution in [2.24, 2.45) is 0 Å². The fourth-order valence-electron chi connectivity index (χ4n) is 1.84. The van der Waals surface area contributed by atoms with Crippen LogP contribution in [-0.4, -0.2) is 42.8 Å². The molecule has 6 nitrogen and oxygen atoms in total. The summed E-state index contributed by atoms with van der Waals surface area (Å²) in [7, 11) is 1.67. The molecule has 0 fully saturated rings. The summed E-state index contributed by atoms with van der Waals surface area (Å²) in [5.41, 5.74) is 7.93. The maximum absolute atomic E-state index is 5.96. The summed E-state index contributed by atoms with van der Waals surface area (Å²) in [5, 5.41) is 4.35. The molecule has 21 heavy (non-hydrogen) atoms. The summed E-state index contributed by atoms with van der Waals surface area (Å²) >= 11 is 1.38. The van der Waals surface area contributed by atoms with E-state index in [1.165, 1.54) is 11.5 Å². The molecular formula is C14H20N4O2S. The van der Waals surface area contributed by atoms with Crippen molar-refractivity contribution in [2.45, 2.75) is 6.42 Å². The summed E-state index contributed by atoms with van der Waals surface area (Å²) < 4.78 is 14.6. The zero-order valence-corrected chi connectivity index (χ0v) is 12.9. The number of hydrogen-bond donors (Lipinski definition) is 2. The first-order chi connectivity index (χ1) is 10.3. The van der Waals surface area contributed by atoms with Crippen molar-refractivity contribution >= 4 is 22.4 Å². The Balaban J connectivity index is 1.84. The number of nitrogens with zero attached hydrogens (tertiary/aromatic N) is 2. The van der Waals surface area contributed by atoms with Crippen LogP contribution in [0.4, 0.5) is 10.8 Å². The van der Waals surface area contributed by atoms with Crippen LogP contribution in [0.2, 0.25) is 0 Å². The Labute approximate surface area is 128 Å². The molecule has 0 aliphatic carbocycles. The van der Waals surface area contributed by atoms with E-state index in [0.29, 0.717) is 25.6 Å². The molecular weight excluding hydrogens is 288 g/mol. The van der Waals surface area contributed by atoms with Crippen LogP contribution in [0.15, 0.2) is 24.5 Å². The van der Waals surface area contributed by atoms with Crippen LogP contribution in [0.3, 0.4) is 0 Å². The number of nitrogens with one attached hydrogen (secondary N) is 1. The number of aromatic nitrogens is 2. The van der Waals surface area contributed by atoms with Crippen LogP contribution in [0, 0.1) is 0 Å². The molecule has 2 heterocycles. The molecule has 2 aromatic heterocycles. The minimum absolute atomic E-state index is 0.546. The Bertz CT molecular complexity index is 533. The normalized spacial score (nSPS) is 10.7. The van der Waals surface area contributed by atoms with Gasteiger partial charge in [0.2, 0.25) is 0 Å². The fraction of sp³-hybridized carbons (Fsp3) is 0.429. The van der Waals surface area contributed by atoms with Crippen molar-refractivity contribution in [1.82, 2.24) is 9.36 Å². The van der Waals surface area contributed by atoms with E-state index in [4.69, 9.17) is 15.2 Å². The molecule has 7 heteroatoms. The molecule has 3 N–H and O–H groups in total. The van der Waals surface area contributed by atoms with Crippen molar-refractivity contribution in [1.29, 1.82) is 0 Å². The monoisotopic (exact) mass is 308 g/mol. The topological polar surface area (TPSA) is 82.3 Å². The highest BCUT2D eigenvalue weighted by atomic mass is 32.1. The Morgan fingerprint density at radius 1 is 1.24 bits per heavy atom. The molecule has 0 unspecified atom stereocenters. The van der Waals surface area contributed by atoms with Crippen LogP contribution >= 0.6 is 11.5 Å². The number of methoxy groups -OCH3 is 1. The van der Waals surface area contributed by atoms with E-state index in [2.05, 4.69) is 14.7 Å². The maximum Gasteiger partial charge on any atom is 0.147 e. The minimum Gasteiger partial charge on any atom is -0.382 e. The summed E-state index contributed by atoms with van der Waals surface area (Å²) in [6.45, 7) is 2.78. The largest absolute Gasteiger partial charge is 0.382 e. The average Bonchev–Trinajstić information content (AvgIpc) is 2.88. The van der Waals surface area contributed by atoms with Gasteiger partial charge in [0.05, 0.1) is 18.8 Å². The number of nitrogen functional groups attached to an aromatic ring is 1. The molecule has 0 radical (unpaired) electrons. The standard InChI is InChI=1S/C14H20N4O2S/c1-19-9-10-20-8-2-5-17-14-12(13(15)18-21-14)11-3-6-16-7-4-11/h3-4,6-7,17H,2,5,8-10H2,1H3,(H2,15,18). The first-order valence-electron chi connectivity index (χ1n) is 6.79. The second-order valence-electron chi connectivity index (χ2n) is 4.39. The van der Waals surface area contributed by atoms with E-state index < -0.39 is 0 Å². The first-order valence-corrected chi connectivity index (χ1v) is 7.56. The molecule has 0 saturated heterocycles. The maximum atomic E-state index is 5.96. The van der Waals surface area contributed by atoms with Gasteiger partial charge in [-0.25, -0.2) is 0 Å². The predicted octanol–water partition coefficient (Wildman–Crippen LogP) is 2.25. The highest BCUT2D eigenvalue weighted by Crippen LogP contribution is 2.36. The summed E-state index contributed by atoms with van der Waals surface area (Å²) in [6.07, 6.45) is 4.41. The number of anilines is 2. The zero-order valence-electron chi connectivity index (χ0n) is 12.0. The highest BCUT2D eigenvalue weighted by molar-refractivity contribution is 7.11. The highest BCUT2D eigenvalue weighted by Gasteiger charge is 2.12. The van der Waals surface area contributed by atoms with Crippen LogP contribution in [-0.2, 0) is 9.47 Å². The van der Waals surface area contributed by atoms with Crippen molar-refractivity contribution < 1.29 is 9.47 Å². The quantitative estimate of drug-likeness (QED) is 0.691. The lowest BCUT2D eigenvalue weighted by Gasteiger charge is -2.07. The second kappa shape index (κ2) is 8.56.